The summed E-state index contributed by atoms with van der Waals surface area (Å²) in [5.74, 6) is -0.126. The summed E-state index contributed by atoms with van der Waals surface area (Å²) in [4.78, 5) is 30.0. The van der Waals surface area contributed by atoms with Gasteiger partial charge in [-0.1, -0.05) is 0 Å². The third kappa shape index (κ3) is 6.48. The number of aromatic nitrogens is 1. The lowest BCUT2D eigenvalue weighted by Gasteiger charge is -2.36. The van der Waals surface area contributed by atoms with Crippen LogP contribution in [-0.2, 0) is 20.8 Å². The summed E-state index contributed by atoms with van der Waals surface area (Å²) < 4.78 is 10.2. The van der Waals surface area contributed by atoms with E-state index in [9.17, 15) is 14.7 Å². The van der Waals surface area contributed by atoms with Crippen molar-refractivity contribution in [1.29, 1.82) is 0 Å². The molecule has 1 amide bonds. The van der Waals surface area contributed by atoms with E-state index in [1.165, 1.54) is 0 Å². The van der Waals surface area contributed by atoms with Crippen LogP contribution in [0.3, 0.4) is 0 Å². The molecule has 0 aliphatic carbocycles. The minimum atomic E-state index is -1.39. The molecule has 0 spiro atoms. The number of nitrogens with zero attached hydrogens (tertiary/aromatic N) is 2. The second-order valence-corrected chi connectivity index (χ2v) is 7.70. The molecule has 2 rings (SSSR count). The van der Waals surface area contributed by atoms with Crippen LogP contribution in [0.4, 0.5) is 10.6 Å². The Hall–Kier alpha value is -2.19. The number of hydrogen-bond donors (Lipinski definition) is 2. The van der Waals surface area contributed by atoms with E-state index in [1.54, 1.807) is 40.0 Å². The molecule has 2 heterocycles. The lowest BCUT2D eigenvalue weighted by Crippen LogP contribution is -2.49. The van der Waals surface area contributed by atoms with Crippen molar-refractivity contribution in [3.63, 3.8) is 0 Å². The van der Waals surface area contributed by atoms with Gasteiger partial charge in [-0.15, -0.1) is 0 Å². The van der Waals surface area contributed by atoms with Crippen molar-refractivity contribution in [2.24, 2.45) is 0 Å². The summed E-state index contributed by atoms with van der Waals surface area (Å²) in [6.45, 7) is 9.15. The highest BCUT2D eigenvalue weighted by Crippen LogP contribution is 2.25. The highest BCUT2D eigenvalue weighted by atomic mass is 16.6. The number of amides is 1. The van der Waals surface area contributed by atoms with E-state index in [-0.39, 0.29) is 6.61 Å². The zero-order chi connectivity index (χ0) is 20.1. The van der Waals surface area contributed by atoms with Crippen LogP contribution in [0.2, 0.25) is 0 Å². The molecule has 0 atom stereocenters. The van der Waals surface area contributed by atoms with E-state index >= 15 is 0 Å². The van der Waals surface area contributed by atoms with Crippen molar-refractivity contribution in [3.8, 4) is 0 Å². The number of pyridine rings is 1. The molecular weight excluding hydrogens is 350 g/mol. The van der Waals surface area contributed by atoms with Crippen LogP contribution in [0.5, 0.6) is 0 Å². The van der Waals surface area contributed by atoms with E-state index in [0.29, 0.717) is 38.3 Å². The molecule has 2 N–H and O–H groups in total. The normalized spacial score (nSPS) is 17.2. The molecule has 0 saturated carbocycles. The quantitative estimate of drug-likeness (QED) is 0.757. The minimum absolute atomic E-state index is 0.259. The molecule has 1 aliphatic rings. The van der Waals surface area contributed by atoms with Gasteiger partial charge in [0.25, 0.3) is 0 Å². The first-order valence-corrected chi connectivity index (χ1v) is 9.18. The fourth-order valence-electron chi connectivity index (χ4n) is 2.86. The van der Waals surface area contributed by atoms with Gasteiger partial charge in [0, 0.05) is 25.8 Å². The summed E-state index contributed by atoms with van der Waals surface area (Å²) in [5.41, 5.74) is -1.00. The molecule has 0 radical (unpaired) electrons. The van der Waals surface area contributed by atoms with Crippen LogP contribution in [0.15, 0.2) is 18.3 Å². The number of anilines is 1. The van der Waals surface area contributed by atoms with Gasteiger partial charge < -0.3 is 14.6 Å². The topological polar surface area (TPSA) is 101 Å². The third-order valence-corrected chi connectivity index (χ3v) is 4.20. The molecule has 1 aromatic rings. The second-order valence-electron chi connectivity index (χ2n) is 7.70. The largest absolute Gasteiger partial charge is 0.464 e. The van der Waals surface area contributed by atoms with Crippen LogP contribution in [0.1, 0.15) is 46.1 Å². The standard InChI is InChI=1S/C19H29N3O5/c1-5-26-16(23)19(25)7-10-22(11-8-19)13-14-6-9-20-15(12-14)21-17(24)27-18(2,3)4/h6,9,12,25H,5,7-8,10-11,13H2,1-4H3,(H,20,21,24). The van der Waals surface area contributed by atoms with Gasteiger partial charge >= 0.3 is 12.1 Å². The number of carbonyl (C=O) groups is 2. The highest BCUT2D eigenvalue weighted by molar-refractivity contribution is 5.83. The number of piperidine rings is 1. The van der Waals surface area contributed by atoms with Gasteiger partial charge in [-0.3, -0.25) is 10.2 Å². The summed E-state index contributed by atoms with van der Waals surface area (Å²) in [6, 6.07) is 3.66. The third-order valence-electron chi connectivity index (χ3n) is 4.20. The Balaban J connectivity index is 1.90. The highest BCUT2D eigenvalue weighted by Gasteiger charge is 2.40. The van der Waals surface area contributed by atoms with Gasteiger partial charge in [0.2, 0.25) is 0 Å². The van der Waals surface area contributed by atoms with Gasteiger partial charge in [-0.05, 0) is 58.2 Å². The van der Waals surface area contributed by atoms with Crippen LogP contribution >= 0.6 is 0 Å². The second kappa shape index (κ2) is 8.67. The Kier molecular flexibility index (Phi) is 6.78. The van der Waals surface area contributed by atoms with Crippen molar-refractivity contribution in [2.45, 2.75) is 58.3 Å². The number of rotatable bonds is 5. The summed E-state index contributed by atoms with van der Waals surface area (Å²) in [6.07, 6.45) is 1.74. The number of ether oxygens (including phenoxy) is 2. The van der Waals surface area contributed by atoms with Gasteiger partial charge in [0.15, 0.2) is 5.60 Å². The molecular formula is C19H29N3O5. The van der Waals surface area contributed by atoms with E-state index in [2.05, 4.69) is 15.2 Å². The predicted octanol–water partition coefficient (Wildman–Crippen LogP) is 2.32. The van der Waals surface area contributed by atoms with Gasteiger partial charge in [0.05, 0.1) is 6.61 Å². The molecule has 1 aliphatic heterocycles. The Bertz CT molecular complexity index is 664. The van der Waals surface area contributed by atoms with Gasteiger partial charge in [-0.25, -0.2) is 14.6 Å². The number of nitrogens with one attached hydrogen (secondary N) is 1. The first kappa shape index (κ1) is 21.1. The molecule has 27 heavy (non-hydrogen) atoms. The lowest BCUT2D eigenvalue weighted by atomic mass is 9.91. The molecule has 0 bridgehead atoms. The first-order chi connectivity index (χ1) is 12.6. The van der Waals surface area contributed by atoms with E-state index in [1.807, 2.05) is 6.07 Å². The summed E-state index contributed by atoms with van der Waals surface area (Å²) in [7, 11) is 0. The fraction of sp³-hybridized carbons (Fsp3) is 0.632. The SMILES string of the molecule is CCOC(=O)C1(O)CCN(Cc2ccnc(NC(=O)OC(C)(C)C)c2)CC1. The van der Waals surface area contributed by atoms with Crippen molar-refractivity contribution >= 4 is 17.9 Å². The van der Waals surface area contributed by atoms with Crippen molar-refractivity contribution in [2.75, 3.05) is 25.0 Å². The summed E-state index contributed by atoms with van der Waals surface area (Å²) >= 11 is 0. The molecule has 1 fully saturated rings. The van der Waals surface area contributed by atoms with Crippen LogP contribution in [0, 0.1) is 0 Å². The van der Waals surface area contributed by atoms with Crippen molar-refractivity contribution in [1.82, 2.24) is 9.88 Å². The summed E-state index contributed by atoms with van der Waals surface area (Å²) in [5, 5.41) is 13.0. The Morgan fingerprint density at radius 2 is 2.00 bits per heavy atom. The maximum atomic E-state index is 11.9. The monoisotopic (exact) mass is 379 g/mol. The number of likely N-dealkylation sites (tertiary alicyclic amines) is 1. The number of esters is 1. The molecule has 1 aromatic heterocycles. The average Bonchev–Trinajstić information content (AvgIpc) is 2.56. The van der Waals surface area contributed by atoms with Gasteiger partial charge in [-0.2, -0.15) is 0 Å². The first-order valence-electron chi connectivity index (χ1n) is 9.18. The zero-order valence-corrected chi connectivity index (χ0v) is 16.4. The van der Waals surface area contributed by atoms with Crippen LogP contribution in [0.25, 0.3) is 0 Å². The van der Waals surface area contributed by atoms with Crippen molar-refractivity contribution in [3.05, 3.63) is 23.9 Å². The Labute approximate surface area is 159 Å². The molecule has 1 saturated heterocycles. The minimum Gasteiger partial charge on any atom is -0.464 e. The smallest absolute Gasteiger partial charge is 0.413 e. The molecule has 8 heteroatoms. The molecule has 150 valence electrons. The van der Waals surface area contributed by atoms with E-state index in [4.69, 9.17) is 9.47 Å². The fourth-order valence-corrected chi connectivity index (χ4v) is 2.86. The van der Waals surface area contributed by atoms with E-state index < -0.39 is 23.3 Å². The van der Waals surface area contributed by atoms with Gasteiger partial charge in [0.1, 0.15) is 11.4 Å². The van der Waals surface area contributed by atoms with Crippen LogP contribution < -0.4 is 5.32 Å². The lowest BCUT2D eigenvalue weighted by molar-refractivity contribution is -0.170. The number of carbonyl (C=O) groups excluding carboxylic acids is 2. The zero-order valence-electron chi connectivity index (χ0n) is 16.4. The number of aliphatic hydroxyl groups is 1. The Morgan fingerprint density at radius 1 is 1.33 bits per heavy atom. The average molecular weight is 379 g/mol. The predicted molar refractivity (Wildman–Crippen MR) is 100 cm³/mol. The van der Waals surface area contributed by atoms with E-state index in [0.717, 1.165) is 5.56 Å². The molecule has 0 unspecified atom stereocenters. The molecule has 0 aromatic carbocycles. The van der Waals surface area contributed by atoms with Crippen molar-refractivity contribution < 1.29 is 24.2 Å². The number of hydrogen-bond acceptors (Lipinski definition) is 7. The maximum absolute atomic E-state index is 11.9. The molecule has 8 nitrogen and oxygen atoms in total. The maximum Gasteiger partial charge on any atom is 0.413 e. The van der Waals surface area contributed by atoms with Crippen LogP contribution in [-0.4, -0.2) is 58.0 Å². The Morgan fingerprint density at radius 3 is 2.59 bits per heavy atom.